The minimum absolute atomic E-state index is 0.0547. The van der Waals surface area contributed by atoms with Crippen LogP contribution < -0.4 is 5.32 Å². The number of aliphatic carboxylic acids is 1. The van der Waals surface area contributed by atoms with Gasteiger partial charge in [0.1, 0.15) is 0 Å². The smallest absolute Gasteiger partial charge is 0.303 e. The molecule has 0 radical (unpaired) electrons. The SMILES string of the molecule is Cc1ccccc1C1(CNC(=O)CCC(=O)O)CC1. The van der Waals surface area contributed by atoms with Crippen molar-refractivity contribution in [3.63, 3.8) is 0 Å². The molecule has 1 aromatic rings. The first-order chi connectivity index (χ1) is 9.03. The van der Waals surface area contributed by atoms with Crippen molar-refractivity contribution in [1.29, 1.82) is 0 Å². The first-order valence-electron chi connectivity index (χ1n) is 6.58. The Labute approximate surface area is 112 Å². The molecule has 2 N–H and O–H groups in total. The number of amides is 1. The van der Waals surface area contributed by atoms with Gasteiger partial charge in [-0.1, -0.05) is 24.3 Å². The molecule has 1 aliphatic rings. The Morgan fingerprint density at radius 1 is 1.26 bits per heavy atom. The standard InChI is InChI=1S/C15H19NO3/c1-11-4-2-3-5-12(11)15(8-9-15)10-16-13(17)6-7-14(18)19/h2-5H,6-10H2,1H3,(H,16,17)(H,18,19). The highest BCUT2D eigenvalue weighted by atomic mass is 16.4. The van der Waals surface area contributed by atoms with Crippen LogP contribution in [0.5, 0.6) is 0 Å². The Hall–Kier alpha value is -1.84. The number of hydrogen-bond acceptors (Lipinski definition) is 2. The first kappa shape index (κ1) is 13.6. The molecule has 0 atom stereocenters. The van der Waals surface area contributed by atoms with E-state index in [9.17, 15) is 9.59 Å². The van der Waals surface area contributed by atoms with Crippen LogP contribution in [0.15, 0.2) is 24.3 Å². The lowest BCUT2D eigenvalue weighted by Gasteiger charge is -2.18. The second-order valence-electron chi connectivity index (χ2n) is 5.27. The second-order valence-corrected chi connectivity index (χ2v) is 5.27. The van der Waals surface area contributed by atoms with Crippen LogP contribution in [-0.2, 0) is 15.0 Å². The number of hydrogen-bond donors (Lipinski definition) is 2. The maximum Gasteiger partial charge on any atom is 0.303 e. The fourth-order valence-electron chi connectivity index (χ4n) is 2.44. The molecule has 1 saturated carbocycles. The van der Waals surface area contributed by atoms with Gasteiger partial charge in [-0.15, -0.1) is 0 Å². The third kappa shape index (κ3) is 3.34. The Kier molecular flexibility index (Phi) is 3.88. The van der Waals surface area contributed by atoms with Crippen molar-refractivity contribution >= 4 is 11.9 Å². The summed E-state index contributed by atoms with van der Waals surface area (Å²) in [4.78, 5) is 22.0. The van der Waals surface area contributed by atoms with E-state index in [1.807, 2.05) is 12.1 Å². The fourth-order valence-corrected chi connectivity index (χ4v) is 2.44. The number of nitrogens with one attached hydrogen (secondary N) is 1. The van der Waals surface area contributed by atoms with E-state index in [1.54, 1.807) is 0 Å². The van der Waals surface area contributed by atoms with E-state index in [2.05, 4.69) is 24.4 Å². The van der Waals surface area contributed by atoms with Gasteiger partial charge in [0.2, 0.25) is 5.91 Å². The maximum absolute atomic E-state index is 11.6. The summed E-state index contributed by atoms with van der Waals surface area (Å²) >= 11 is 0. The van der Waals surface area contributed by atoms with Gasteiger partial charge in [0, 0.05) is 18.4 Å². The first-order valence-corrected chi connectivity index (χ1v) is 6.58. The summed E-state index contributed by atoms with van der Waals surface area (Å²) in [5.74, 6) is -1.11. The van der Waals surface area contributed by atoms with Gasteiger partial charge in [0.25, 0.3) is 0 Å². The molecular weight excluding hydrogens is 242 g/mol. The molecule has 0 heterocycles. The molecule has 1 fully saturated rings. The summed E-state index contributed by atoms with van der Waals surface area (Å²) in [6, 6.07) is 8.24. The lowest BCUT2D eigenvalue weighted by Crippen LogP contribution is -2.32. The number of aryl methyl sites for hydroxylation is 1. The Bertz CT molecular complexity index is 492. The van der Waals surface area contributed by atoms with Crippen molar-refractivity contribution < 1.29 is 14.7 Å². The molecule has 2 rings (SSSR count). The normalized spacial score (nSPS) is 15.8. The number of benzene rings is 1. The van der Waals surface area contributed by atoms with Crippen molar-refractivity contribution in [1.82, 2.24) is 5.32 Å². The van der Waals surface area contributed by atoms with Crippen molar-refractivity contribution in [3.05, 3.63) is 35.4 Å². The third-order valence-corrected chi connectivity index (χ3v) is 3.76. The number of carbonyl (C=O) groups is 2. The van der Waals surface area contributed by atoms with E-state index in [4.69, 9.17) is 5.11 Å². The van der Waals surface area contributed by atoms with E-state index in [1.165, 1.54) is 11.1 Å². The number of carboxylic acids is 1. The van der Waals surface area contributed by atoms with E-state index in [0.29, 0.717) is 6.54 Å². The van der Waals surface area contributed by atoms with Crippen LogP contribution in [0.25, 0.3) is 0 Å². The number of carboxylic acid groups (broad SMARTS) is 1. The van der Waals surface area contributed by atoms with Crippen molar-refractivity contribution in [3.8, 4) is 0 Å². The largest absolute Gasteiger partial charge is 0.481 e. The highest BCUT2D eigenvalue weighted by Crippen LogP contribution is 2.48. The lowest BCUT2D eigenvalue weighted by molar-refractivity contribution is -0.138. The van der Waals surface area contributed by atoms with Gasteiger partial charge in [-0.2, -0.15) is 0 Å². The molecular formula is C15H19NO3. The lowest BCUT2D eigenvalue weighted by atomic mass is 9.92. The Morgan fingerprint density at radius 3 is 2.53 bits per heavy atom. The quantitative estimate of drug-likeness (QED) is 0.823. The predicted octanol–water partition coefficient (Wildman–Crippen LogP) is 2.01. The molecule has 0 saturated heterocycles. The summed E-state index contributed by atoms with van der Waals surface area (Å²) in [5, 5.41) is 11.4. The fraction of sp³-hybridized carbons (Fsp3) is 0.467. The van der Waals surface area contributed by atoms with E-state index in [-0.39, 0.29) is 24.2 Å². The van der Waals surface area contributed by atoms with Gasteiger partial charge in [0.15, 0.2) is 0 Å². The average molecular weight is 261 g/mol. The van der Waals surface area contributed by atoms with E-state index < -0.39 is 5.97 Å². The van der Waals surface area contributed by atoms with Crippen LogP contribution in [0.3, 0.4) is 0 Å². The van der Waals surface area contributed by atoms with Crippen LogP contribution in [0.1, 0.15) is 36.8 Å². The van der Waals surface area contributed by atoms with Crippen LogP contribution in [-0.4, -0.2) is 23.5 Å². The van der Waals surface area contributed by atoms with Crippen LogP contribution in [0.4, 0.5) is 0 Å². The Morgan fingerprint density at radius 2 is 1.95 bits per heavy atom. The molecule has 19 heavy (non-hydrogen) atoms. The third-order valence-electron chi connectivity index (χ3n) is 3.76. The minimum atomic E-state index is -0.935. The van der Waals surface area contributed by atoms with Gasteiger partial charge in [-0.05, 0) is 30.9 Å². The molecule has 4 nitrogen and oxygen atoms in total. The predicted molar refractivity (Wildman–Crippen MR) is 72.0 cm³/mol. The summed E-state index contributed by atoms with van der Waals surface area (Å²) in [6.45, 7) is 2.69. The van der Waals surface area contributed by atoms with Crippen LogP contribution in [0.2, 0.25) is 0 Å². The van der Waals surface area contributed by atoms with Crippen molar-refractivity contribution in [2.45, 2.75) is 38.0 Å². The van der Waals surface area contributed by atoms with Crippen LogP contribution in [0, 0.1) is 6.92 Å². The van der Waals surface area contributed by atoms with Gasteiger partial charge in [-0.25, -0.2) is 0 Å². The van der Waals surface area contributed by atoms with Gasteiger partial charge >= 0.3 is 5.97 Å². The Balaban J connectivity index is 1.91. The number of carbonyl (C=O) groups excluding carboxylic acids is 1. The van der Waals surface area contributed by atoms with Crippen LogP contribution >= 0.6 is 0 Å². The molecule has 0 spiro atoms. The van der Waals surface area contributed by atoms with Gasteiger partial charge in [-0.3, -0.25) is 9.59 Å². The zero-order chi connectivity index (χ0) is 13.9. The average Bonchev–Trinajstić information content (AvgIpc) is 3.15. The monoisotopic (exact) mass is 261 g/mol. The summed E-state index contributed by atoms with van der Waals surface area (Å²) < 4.78 is 0. The summed E-state index contributed by atoms with van der Waals surface area (Å²) in [6.07, 6.45) is 2.11. The second kappa shape index (κ2) is 5.43. The molecule has 0 aliphatic heterocycles. The summed E-state index contributed by atoms with van der Waals surface area (Å²) in [7, 11) is 0. The minimum Gasteiger partial charge on any atom is -0.481 e. The van der Waals surface area contributed by atoms with Gasteiger partial charge in [0.05, 0.1) is 6.42 Å². The number of rotatable bonds is 6. The van der Waals surface area contributed by atoms with Crippen molar-refractivity contribution in [2.75, 3.05) is 6.54 Å². The van der Waals surface area contributed by atoms with E-state index >= 15 is 0 Å². The van der Waals surface area contributed by atoms with Gasteiger partial charge < -0.3 is 10.4 Å². The topological polar surface area (TPSA) is 66.4 Å². The molecule has 1 amide bonds. The van der Waals surface area contributed by atoms with E-state index in [0.717, 1.165) is 12.8 Å². The molecule has 0 aromatic heterocycles. The molecule has 1 aliphatic carbocycles. The molecule has 1 aromatic carbocycles. The highest BCUT2D eigenvalue weighted by molar-refractivity contribution is 5.80. The molecule has 4 heteroatoms. The molecule has 0 bridgehead atoms. The van der Waals surface area contributed by atoms with Crippen molar-refractivity contribution in [2.24, 2.45) is 0 Å². The zero-order valence-electron chi connectivity index (χ0n) is 11.1. The highest BCUT2D eigenvalue weighted by Gasteiger charge is 2.44. The maximum atomic E-state index is 11.6. The summed E-state index contributed by atoms with van der Waals surface area (Å²) in [5.41, 5.74) is 2.62. The molecule has 0 unspecified atom stereocenters. The zero-order valence-corrected chi connectivity index (χ0v) is 11.1. The molecule has 102 valence electrons.